The van der Waals surface area contributed by atoms with Crippen LogP contribution in [0.5, 0.6) is 0 Å². The molecule has 8 nitrogen and oxygen atoms in total. The van der Waals surface area contributed by atoms with Crippen molar-refractivity contribution in [2.24, 2.45) is 5.14 Å². The lowest BCUT2D eigenvalue weighted by Crippen LogP contribution is -2.22. The van der Waals surface area contributed by atoms with Crippen LogP contribution in [0.25, 0.3) is 33.8 Å². The van der Waals surface area contributed by atoms with Crippen molar-refractivity contribution in [3.63, 3.8) is 0 Å². The summed E-state index contributed by atoms with van der Waals surface area (Å²) in [5, 5.41) is 10.5. The van der Waals surface area contributed by atoms with Crippen molar-refractivity contribution >= 4 is 32.7 Å². The summed E-state index contributed by atoms with van der Waals surface area (Å²) < 4.78 is 26.4. The topological polar surface area (TPSA) is 113 Å². The average Bonchev–Trinajstić information content (AvgIpc) is 3.24. The minimum atomic E-state index is -3.86. The summed E-state index contributed by atoms with van der Waals surface area (Å²) in [6, 6.07) is 22.0. The molecule has 2 N–H and O–H groups in total. The average molecular weight is 478 g/mol. The van der Waals surface area contributed by atoms with Crippen LogP contribution < -0.4 is 10.7 Å². The number of nitrogens with two attached hydrogens (primary N) is 1. The lowest BCUT2D eigenvalue weighted by atomic mass is 10.2. The third-order valence-electron chi connectivity index (χ3n) is 5.13. The maximum atomic E-state index is 13.6. The summed E-state index contributed by atoms with van der Waals surface area (Å²) in [5.74, 6) is 0.313. The van der Waals surface area contributed by atoms with E-state index in [1.165, 1.54) is 22.9 Å². The van der Waals surface area contributed by atoms with Gasteiger partial charge in [-0.2, -0.15) is 5.10 Å². The Morgan fingerprint density at radius 1 is 0.848 bits per heavy atom. The van der Waals surface area contributed by atoms with E-state index in [2.05, 4.69) is 5.10 Å². The zero-order valence-corrected chi connectivity index (χ0v) is 18.5. The van der Waals surface area contributed by atoms with Crippen LogP contribution in [0.4, 0.5) is 0 Å². The second kappa shape index (κ2) is 7.96. The fourth-order valence-corrected chi connectivity index (χ4v) is 4.18. The van der Waals surface area contributed by atoms with Gasteiger partial charge in [0.25, 0.3) is 5.56 Å². The van der Waals surface area contributed by atoms with Crippen molar-refractivity contribution in [1.82, 2.24) is 19.3 Å². The molecular formula is C23H16ClN5O3S. The van der Waals surface area contributed by atoms with Crippen molar-refractivity contribution < 1.29 is 8.42 Å². The first-order valence-corrected chi connectivity index (χ1v) is 11.7. The number of rotatable bonds is 4. The van der Waals surface area contributed by atoms with E-state index in [9.17, 15) is 13.2 Å². The van der Waals surface area contributed by atoms with Crippen LogP contribution >= 0.6 is 11.6 Å². The fourth-order valence-electron chi connectivity index (χ4n) is 3.54. The van der Waals surface area contributed by atoms with Gasteiger partial charge >= 0.3 is 0 Å². The number of hydrogen-bond donors (Lipinski definition) is 1. The molecule has 10 heteroatoms. The van der Waals surface area contributed by atoms with Crippen LogP contribution in [0.2, 0.25) is 5.02 Å². The fraction of sp³-hybridized carbons (Fsp3) is 0. The SMILES string of the molecule is NS(=O)(=O)c1ccc(-c2nc3c(cnn3-c3ccccc3)c(=O)n2-c2ccc(Cl)cc2)cc1. The molecule has 0 saturated carbocycles. The number of nitrogens with zero attached hydrogens (tertiary/aromatic N) is 4. The van der Waals surface area contributed by atoms with Gasteiger partial charge in [0.05, 0.1) is 22.5 Å². The molecule has 0 bridgehead atoms. The molecule has 5 rings (SSSR count). The molecule has 0 fully saturated rings. The van der Waals surface area contributed by atoms with E-state index in [0.717, 1.165) is 5.69 Å². The molecule has 0 unspecified atom stereocenters. The number of hydrogen-bond acceptors (Lipinski definition) is 5. The quantitative estimate of drug-likeness (QED) is 0.425. The van der Waals surface area contributed by atoms with Crippen LogP contribution in [0.3, 0.4) is 0 Å². The van der Waals surface area contributed by atoms with Gasteiger partial charge in [0.15, 0.2) is 5.65 Å². The van der Waals surface area contributed by atoms with Crippen molar-refractivity contribution in [2.75, 3.05) is 0 Å². The summed E-state index contributed by atoms with van der Waals surface area (Å²) in [4.78, 5) is 18.3. The smallest absolute Gasteiger partial charge is 0.268 e. The molecule has 2 aromatic heterocycles. The highest BCUT2D eigenvalue weighted by atomic mass is 35.5. The molecule has 3 aromatic carbocycles. The predicted molar refractivity (Wildman–Crippen MR) is 126 cm³/mol. The first kappa shape index (κ1) is 21.1. The normalized spacial score (nSPS) is 11.7. The molecular weight excluding hydrogens is 462 g/mol. The van der Waals surface area contributed by atoms with Gasteiger partial charge in [-0.05, 0) is 60.7 Å². The number of para-hydroxylation sites is 1. The maximum Gasteiger partial charge on any atom is 0.269 e. The highest BCUT2D eigenvalue weighted by molar-refractivity contribution is 7.89. The van der Waals surface area contributed by atoms with Gasteiger partial charge in [0, 0.05) is 10.6 Å². The summed E-state index contributed by atoms with van der Waals surface area (Å²) >= 11 is 6.04. The van der Waals surface area contributed by atoms with Gasteiger partial charge < -0.3 is 0 Å². The molecule has 0 radical (unpaired) electrons. The Morgan fingerprint density at radius 3 is 2.15 bits per heavy atom. The summed E-state index contributed by atoms with van der Waals surface area (Å²) in [5.41, 5.74) is 1.88. The van der Waals surface area contributed by atoms with E-state index >= 15 is 0 Å². The number of sulfonamides is 1. The van der Waals surface area contributed by atoms with Gasteiger partial charge in [0.1, 0.15) is 11.2 Å². The van der Waals surface area contributed by atoms with Crippen LogP contribution in [0.15, 0.2) is 94.7 Å². The van der Waals surface area contributed by atoms with E-state index in [0.29, 0.717) is 33.1 Å². The third kappa shape index (κ3) is 3.82. The van der Waals surface area contributed by atoms with E-state index in [1.807, 2.05) is 30.3 Å². The molecule has 0 amide bonds. The van der Waals surface area contributed by atoms with Crippen molar-refractivity contribution in [1.29, 1.82) is 0 Å². The second-order valence-electron chi connectivity index (χ2n) is 7.25. The Bertz CT molecular complexity index is 1640. The molecule has 0 spiro atoms. The van der Waals surface area contributed by atoms with Gasteiger partial charge in [-0.25, -0.2) is 23.2 Å². The van der Waals surface area contributed by atoms with E-state index in [4.69, 9.17) is 21.7 Å². The van der Waals surface area contributed by atoms with Crippen LogP contribution in [0, 0.1) is 0 Å². The maximum absolute atomic E-state index is 13.6. The zero-order chi connectivity index (χ0) is 23.2. The Kier molecular flexibility index (Phi) is 5.09. The minimum absolute atomic E-state index is 0.0398. The Morgan fingerprint density at radius 2 is 1.52 bits per heavy atom. The highest BCUT2D eigenvalue weighted by Crippen LogP contribution is 2.25. The monoisotopic (exact) mass is 477 g/mol. The minimum Gasteiger partial charge on any atom is -0.268 e. The number of primary sulfonamides is 1. The van der Waals surface area contributed by atoms with Gasteiger partial charge in [0.2, 0.25) is 10.0 Å². The Balaban J connectivity index is 1.82. The lowest BCUT2D eigenvalue weighted by Gasteiger charge is -2.14. The third-order valence-corrected chi connectivity index (χ3v) is 6.31. The van der Waals surface area contributed by atoms with Crippen LogP contribution in [-0.4, -0.2) is 27.7 Å². The van der Waals surface area contributed by atoms with E-state index in [1.54, 1.807) is 41.1 Å². The van der Waals surface area contributed by atoms with E-state index < -0.39 is 10.0 Å². The van der Waals surface area contributed by atoms with Gasteiger partial charge in [-0.3, -0.25) is 9.36 Å². The first-order chi connectivity index (χ1) is 15.8. The lowest BCUT2D eigenvalue weighted by molar-refractivity contribution is 0.598. The number of fused-ring (bicyclic) bond motifs is 1. The van der Waals surface area contributed by atoms with Crippen molar-refractivity contribution in [2.45, 2.75) is 4.90 Å². The standard InChI is InChI=1S/C23H16ClN5O3S/c24-16-8-10-17(11-9-16)28-21(15-6-12-19(13-7-15)33(25,31)32)27-22-20(23(28)30)14-26-29(22)18-4-2-1-3-5-18/h1-14H,(H2,25,31,32). The van der Waals surface area contributed by atoms with Gasteiger partial charge in [-0.15, -0.1) is 0 Å². The van der Waals surface area contributed by atoms with Crippen molar-refractivity contribution in [3.05, 3.63) is 100 Å². The van der Waals surface area contributed by atoms with E-state index in [-0.39, 0.29) is 10.5 Å². The number of halogens is 1. The number of benzene rings is 3. The first-order valence-electron chi connectivity index (χ1n) is 9.78. The largest absolute Gasteiger partial charge is 0.269 e. The molecule has 0 saturated heterocycles. The Hall–Kier alpha value is -3.79. The molecule has 0 aliphatic carbocycles. The molecule has 0 aliphatic rings. The molecule has 33 heavy (non-hydrogen) atoms. The summed E-state index contributed by atoms with van der Waals surface area (Å²) in [7, 11) is -3.86. The molecule has 0 atom stereocenters. The highest BCUT2D eigenvalue weighted by Gasteiger charge is 2.19. The summed E-state index contributed by atoms with van der Waals surface area (Å²) in [6.45, 7) is 0. The number of aromatic nitrogens is 4. The molecule has 164 valence electrons. The van der Waals surface area contributed by atoms with Gasteiger partial charge in [-0.1, -0.05) is 29.8 Å². The molecule has 5 aromatic rings. The molecule has 0 aliphatic heterocycles. The molecule has 2 heterocycles. The van der Waals surface area contributed by atoms with Crippen LogP contribution in [0.1, 0.15) is 0 Å². The van der Waals surface area contributed by atoms with Crippen molar-refractivity contribution in [3.8, 4) is 22.8 Å². The zero-order valence-electron chi connectivity index (χ0n) is 17.0. The Labute approximate surface area is 193 Å². The second-order valence-corrected chi connectivity index (χ2v) is 9.25. The van der Waals surface area contributed by atoms with Crippen LogP contribution in [-0.2, 0) is 10.0 Å². The predicted octanol–water partition coefficient (Wildman–Crippen LogP) is 3.54. The summed E-state index contributed by atoms with van der Waals surface area (Å²) in [6.07, 6.45) is 1.48.